The summed E-state index contributed by atoms with van der Waals surface area (Å²) in [6, 6.07) is 4.48. The molecule has 2 aliphatic rings. The molecule has 8 heteroatoms. The average Bonchev–Trinajstić information content (AvgIpc) is 3.25. The van der Waals surface area contributed by atoms with E-state index in [0.717, 1.165) is 63.4 Å². The van der Waals surface area contributed by atoms with E-state index in [1.54, 1.807) is 6.07 Å². The molecule has 3 rings (SSSR count). The maximum absolute atomic E-state index is 13.4. The van der Waals surface area contributed by atoms with E-state index in [9.17, 15) is 8.78 Å². The number of halogens is 2. The Morgan fingerprint density at radius 3 is 2.77 bits per heavy atom. The third-order valence-electron chi connectivity index (χ3n) is 5.50. The Hall–Kier alpha value is -1.77. The molecular formula is C22H34F2N4O2. The van der Waals surface area contributed by atoms with Gasteiger partial charge in [0.1, 0.15) is 0 Å². The lowest BCUT2D eigenvalue weighted by molar-refractivity contribution is 0.0200. The van der Waals surface area contributed by atoms with Crippen LogP contribution in [0.2, 0.25) is 0 Å². The largest absolute Gasteiger partial charge is 0.377 e. The van der Waals surface area contributed by atoms with Gasteiger partial charge in [0.2, 0.25) is 0 Å². The van der Waals surface area contributed by atoms with E-state index in [1.807, 2.05) is 0 Å². The highest BCUT2D eigenvalue weighted by molar-refractivity contribution is 5.80. The maximum Gasteiger partial charge on any atom is 0.191 e. The summed E-state index contributed by atoms with van der Waals surface area (Å²) in [5.41, 5.74) is 0.804. The topological polar surface area (TPSA) is 58.1 Å². The first-order valence-corrected chi connectivity index (χ1v) is 11.0. The number of hydrogen-bond acceptors (Lipinski definition) is 4. The van der Waals surface area contributed by atoms with Gasteiger partial charge in [-0.2, -0.15) is 0 Å². The van der Waals surface area contributed by atoms with Gasteiger partial charge in [-0.05, 0) is 50.3 Å². The Morgan fingerprint density at radius 1 is 1.23 bits per heavy atom. The van der Waals surface area contributed by atoms with Gasteiger partial charge in [0.25, 0.3) is 0 Å². The first-order valence-electron chi connectivity index (χ1n) is 11.0. The summed E-state index contributed by atoms with van der Waals surface area (Å²) in [5.74, 6) is -0.762. The van der Waals surface area contributed by atoms with Gasteiger partial charge in [-0.15, -0.1) is 0 Å². The zero-order valence-electron chi connectivity index (χ0n) is 17.8. The average molecular weight is 425 g/mol. The second-order valence-corrected chi connectivity index (χ2v) is 7.91. The van der Waals surface area contributed by atoms with Crippen molar-refractivity contribution in [1.82, 2.24) is 15.5 Å². The van der Waals surface area contributed by atoms with E-state index >= 15 is 0 Å². The van der Waals surface area contributed by atoms with Crippen molar-refractivity contribution < 1.29 is 18.3 Å². The van der Waals surface area contributed by atoms with Crippen molar-refractivity contribution in [3.05, 3.63) is 35.4 Å². The number of nitrogens with zero attached hydrogens (tertiary/aromatic N) is 2. The third-order valence-corrected chi connectivity index (χ3v) is 5.50. The van der Waals surface area contributed by atoms with Gasteiger partial charge in [-0.3, -0.25) is 9.89 Å². The first-order chi connectivity index (χ1) is 14.6. The minimum Gasteiger partial charge on any atom is -0.377 e. The van der Waals surface area contributed by atoms with Crippen LogP contribution in [0.15, 0.2) is 23.2 Å². The fraction of sp³-hybridized carbons (Fsp3) is 0.682. The molecule has 0 aromatic heterocycles. The van der Waals surface area contributed by atoms with Crippen molar-refractivity contribution in [3.63, 3.8) is 0 Å². The van der Waals surface area contributed by atoms with Gasteiger partial charge in [0.05, 0.1) is 25.9 Å². The lowest BCUT2D eigenvalue weighted by Gasteiger charge is -2.33. The molecule has 2 N–H and O–H groups in total. The predicted molar refractivity (Wildman–Crippen MR) is 114 cm³/mol. The molecule has 0 radical (unpaired) electrons. The van der Waals surface area contributed by atoms with Crippen LogP contribution in [0.5, 0.6) is 0 Å². The molecule has 0 aliphatic carbocycles. The first kappa shape index (κ1) is 22.9. The summed E-state index contributed by atoms with van der Waals surface area (Å²) in [7, 11) is 0. The van der Waals surface area contributed by atoms with Gasteiger partial charge in [-0.25, -0.2) is 8.78 Å². The molecule has 2 saturated heterocycles. The molecule has 30 heavy (non-hydrogen) atoms. The van der Waals surface area contributed by atoms with Crippen LogP contribution in [0.1, 0.15) is 38.2 Å². The lowest BCUT2D eigenvalue weighted by Crippen LogP contribution is -2.48. The minimum atomic E-state index is -0.797. The normalized spacial score (nSPS) is 21.2. The number of ether oxygens (including phenoxy) is 2. The van der Waals surface area contributed by atoms with Crippen molar-refractivity contribution in [2.24, 2.45) is 4.99 Å². The summed E-state index contributed by atoms with van der Waals surface area (Å²) in [5, 5.41) is 6.80. The summed E-state index contributed by atoms with van der Waals surface area (Å²) < 4.78 is 37.7. The van der Waals surface area contributed by atoms with Crippen molar-refractivity contribution in [1.29, 1.82) is 0 Å². The van der Waals surface area contributed by atoms with Crippen LogP contribution in [-0.4, -0.2) is 69.0 Å². The molecular weight excluding hydrogens is 390 g/mol. The van der Waals surface area contributed by atoms with Crippen LogP contribution < -0.4 is 10.6 Å². The number of rotatable bonds is 9. The molecule has 0 saturated carbocycles. The molecule has 2 aliphatic heterocycles. The molecule has 0 spiro atoms. The quantitative estimate of drug-likeness (QED) is 0.363. The van der Waals surface area contributed by atoms with Gasteiger partial charge in [0.15, 0.2) is 17.6 Å². The fourth-order valence-electron chi connectivity index (χ4n) is 3.86. The molecule has 0 amide bonds. The Bertz CT molecular complexity index is 675. The van der Waals surface area contributed by atoms with Crippen LogP contribution in [0, 0.1) is 11.6 Å². The molecule has 168 valence electrons. The molecule has 1 atom stereocenters. The van der Waals surface area contributed by atoms with E-state index in [2.05, 4.69) is 27.4 Å². The highest BCUT2D eigenvalue weighted by Crippen LogP contribution is 2.16. The second kappa shape index (κ2) is 12.2. The fourth-order valence-corrected chi connectivity index (χ4v) is 3.86. The number of piperidine rings is 1. The Kier molecular flexibility index (Phi) is 9.29. The molecule has 6 nitrogen and oxygen atoms in total. The van der Waals surface area contributed by atoms with Gasteiger partial charge in [-0.1, -0.05) is 6.07 Å². The third kappa shape index (κ3) is 7.49. The van der Waals surface area contributed by atoms with E-state index in [1.165, 1.54) is 12.1 Å². The van der Waals surface area contributed by atoms with E-state index in [-0.39, 0.29) is 6.10 Å². The van der Waals surface area contributed by atoms with Crippen LogP contribution in [0.3, 0.4) is 0 Å². The van der Waals surface area contributed by atoms with Crippen LogP contribution in [0.25, 0.3) is 0 Å². The second-order valence-electron chi connectivity index (χ2n) is 7.91. The van der Waals surface area contributed by atoms with Crippen LogP contribution in [0.4, 0.5) is 8.78 Å². The number of aliphatic imine (C=N–C) groups is 1. The Labute approximate surface area is 178 Å². The zero-order chi connectivity index (χ0) is 21.2. The van der Waals surface area contributed by atoms with Gasteiger partial charge >= 0.3 is 0 Å². The van der Waals surface area contributed by atoms with Gasteiger partial charge < -0.3 is 20.1 Å². The molecule has 1 aromatic carbocycles. The molecule has 2 heterocycles. The van der Waals surface area contributed by atoms with E-state index < -0.39 is 11.6 Å². The standard InChI is InChI=1S/C22H34F2N4O2/c1-2-25-22(26-9-13-29-16-19-4-3-12-30-19)27-18-7-10-28(11-8-18)15-17-5-6-20(23)21(24)14-17/h5-6,14,18-19H,2-4,7-13,15-16H2,1H3,(H2,25,26,27). The van der Waals surface area contributed by atoms with Gasteiger partial charge in [0, 0.05) is 38.8 Å². The maximum atomic E-state index is 13.4. The number of likely N-dealkylation sites (tertiary alicyclic amines) is 1. The van der Waals surface area contributed by atoms with Crippen molar-refractivity contribution in [3.8, 4) is 0 Å². The highest BCUT2D eigenvalue weighted by Gasteiger charge is 2.20. The summed E-state index contributed by atoms with van der Waals surface area (Å²) >= 11 is 0. The highest BCUT2D eigenvalue weighted by atomic mass is 19.2. The Balaban J connectivity index is 1.36. The number of nitrogens with one attached hydrogen (secondary N) is 2. The van der Waals surface area contributed by atoms with Crippen molar-refractivity contribution in [2.45, 2.75) is 51.3 Å². The lowest BCUT2D eigenvalue weighted by atomic mass is 10.0. The number of guanidine groups is 1. The predicted octanol–water partition coefficient (Wildman–Crippen LogP) is 2.68. The van der Waals surface area contributed by atoms with E-state index in [4.69, 9.17) is 9.47 Å². The molecule has 2 fully saturated rings. The molecule has 1 unspecified atom stereocenters. The van der Waals surface area contributed by atoms with Crippen molar-refractivity contribution in [2.75, 3.05) is 46.0 Å². The minimum absolute atomic E-state index is 0.247. The van der Waals surface area contributed by atoms with E-state index in [0.29, 0.717) is 32.3 Å². The molecule has 1 aromatic rings. The number of hydrogen-bond donors (Lipinski definition) is 2. The monoisotopic (exact) mass is 424 g/mol. The number of benzene rings is 1. The van der Waals surface area contributed by atoms with Crippen molar-refractivity contribution >= 4 is 5.96 Å². The zero-order valence-corrected chi connectivity index (χ0v) is 17.8. The summed E-state index contributed by atoms with van der Waals surface area (Å²) in [4.78, 5) is 6.89. The van der Waals surface area contributed by atoms with Crippen LogP contribution >= 0.6 is 0 Å². The summed E-state index contributed by atoms with van der Waals surface area (Å²) in [6.07, 6.45) is 4.41. The Morgan fingerprint density at radius 2 is 2.07 bits per heavy atom. The SMILES string of the molecule is CCNC(=NCCOCC1CCCO1)NC1CCN(Cc2ccc(F)c(F)c2)CC1. The molecule has 0 bridgehead atoms. The smallest absolute Gasteiger partial charge is 0.191 e. The summed E-state index contributed by atoms with van der Waals surface area (Å²) in [6.45, 7) is 7.99. The van der Waals surface area contributed by atoms with Crippen LogP contribution in [-0.2, 0) is 16.0 Å².